The molecular weight excluding hydrogens is 386 g/mol. The minimum atomic E-state index is -2.71. The molecule has 0 aliphatic carbocycles. The number of aromatic nitrogens is 2. The molecule has 1 saturated heterocycles. The molecule has 2 aromatic rings. The quantitative estimate of drug-likeness (QED) is 0.760. The second kappa shape index (κ2) is 9.11. The summed E-state index contributed by atoms with van der Waals surface area (Å²) in [4.78, 5) is 17.3. The molecule has 0 bridgehead atoms. The largest absolute Gasteiger partial charge is 0.379 e. The highest BCUT2D eigenvalue weighted by atomic mass is 32.1. The van der Waals surface area contributed by atoms with Gasteiger partial charge in [0.1, 0.15) is 0 Å². The predicted octanol–water partition coefficient (Wildman–Crippen LogP) is 3.00. The molecule has 28 heavy (non-hydrogen) atoms. The first-order valence-corrected chi connectivity index (χ1v) is 10.2. The van der Waals surface area contributed by atoms with Crippen LogP contribution in [-0.4, -0.2) is 53.4 Å². The SMILES string of the molecule is Cc1ccc([C@@H](CNC(=O)Cc2c(C)nn(C(F)F)c2C)N2CCOCC2)s1. The number of hydrogen-bond acceptors (Lipinski definition) is 5. The second-order valence-electron chi connectivity index (χ2n) is 6.97. The van der Waals surface area contributed by atoms with Crippen LogP contribution >= 0.6 is 11.3 Å². The summed E-state index contributed by atoms with van der Waals surface area (Å²) in [5, 5.41) is 6.84. The number of amides is 1. The summed E-state index contributed by atoms with van der Waals surface area (Å²) in [6, 6.07) is 4.27. The van der Waals surface area contributed by atoms with Crippen LogP contribution in [0.1, 0.15) is 39.3 Å². The van der Waals surface area contributed by atoms with Gasteiger partial charge in [0.05, 0.1) is 31.4 Å². The lowest BCUT2D eigenvalue weighted by Gasteiger charge is -2.34. The molecule has 1 amide bonds. The normalized spacial score (nSPS) is 16.5. The molecule has 3 heterocycles. The highest BCUT2D eigenvalue weighted by Gasteiger charge is 2.25. The lowest BCUT2D eigenvalue weighted by molar-refractivity contribution is -0.120. The Kier molecular flexibility index (Phi) is 6.79. The molecule has 1 atom stereocenters. The predicted molar refractivity (Wildman–Crippen MR) is 104 cm³/mol. The number of alkyl halides is 2. The Morgan fingerprint density at radius 3 is 2.57 bits per heavy atom. The van der Waals surface area contributed by atoms with Crippen LogP contribution in [0.5, 0.6) is 0 Å². The monoisotopic (exact) mass is 412 g/mol. The van der Waals surface area contributed by atoms with Crippen molar-refractivity contribution in [3.05, 3.63) is 38.8 Å². The van der Waals surface area contributed by atoms with Gasteiger partial charge in [0, 0.05) is 40.6 Å². The van der Waals surface area contributed by atoms with E-state index >= 15 is 0 Å². The number of morpholine rings is 1. The van der Waals surface area contributed by atoms with Crippen molar-refractivity contribution < 1.29 is 18.3 Å². The number of carbonyl (C=O) groups is 1. The molecule has 0 unspecified atom stereocenters. The molecule has 1 fully saturated rings. The summed E-state index contributed by atoms with van der Waals surface area (Å²) in [7, 11) is 0. The molecule has 9 heteroatoms. The zero-order valence-corrected chi connectivity index (χ0v) is 17.2. The summed E-state index contributed by atoms with van der Waals surface area (Å²) < 4.78 is 32.1. The highest BCUT2D eigenvalue weighted by Crippen LogP contribution is 2.28. The third-order valence-electron chi connectivity index (χ3n) is 5.07. The van der Waals surface area contributed by atoms with Gasteiger partial charge >= 0.3 is 6.55 Å². The van der Waals surface area contributed by atoms with Crippen LogP contribution in [0.2, 0.25) is 0 Å². The van der Waals surface area contributed by atoms with Crippen molar-refractivity contribution in [2.45, 2.75) is 39.8 Å². The average Bonchev–Trinajstić information content (AvgIpc) is 3.21. The number of thiophene rings is 1. The number of halogens is 2. The molecule has 0 aromatic carbocycles. The maximum atomic E-state index is 13.0. The van der Waals surface area contributed by atoms with Crippen molar-refractivity contribution in [1.29, 1.82) is 0 Å². The number of nitrogens with one attached hydrogen (secondary N) is 1. The number of carbonyl (C=O) groups excluding carboxylic acids is 1. The number of ether oxygens (including phenoxy) is 1. The lowest BCUT2D eigenvalue weighted by atomic mass is 10.1. The molecule has 2 aromatic heterocycles. The van der Waals surface area contributed by atoms with Gasteiger partial charge in [-0.2, -0.15) is 13.9 Å². The van der Waals surface area contributed by atoms with E-state index in [1.54, 1.807) is 25.2 Å². The Morgan fingerprint density at radius 1 is 1.29 bits per heavy atom. The fraction of sp³-hybridized carbons (Fsp3) is 0.579. The van der Waals surface area contributed by atoms with Gasteiger partial charge in [-0.15, -0.1) is 11.3 Å². The van der Waals surface area contributed by atoms with Crippen molar-refractivity contribution >= 4 is 17.2 Å². The van der Waals surface area contributed by atoms with Gasteiger partial charge in [-0.05, 0) is 32.9 Å². The molecule has 0 spiro atoms. The van der Waals surface area contributed by atoms with E-state index in [4.69, 9.17) is 4.74 Å². The van der Waals surface area contributed by atoms with Crippen LogP contribution in [0.4, 0.5) is 8.78 Å². The van der Waals surface area contributed by atoms with Gasteiger partial charge in [-0.3, -0.25) is 9.69 Å². The molecular formula is C19H26F2N4O2S. The standard InChI is InChI=1S/C19H26F2N4O2S/c1-12-4-5-17(28-12)16(24-6-8-27-9-7-24)11-22-18(26)10-15-13(2)23-25(14(15)3)19(20)21/h4-5,16,19H,6-11H2,1-3H3,(H,22,26)/t16-/m1/s1. The summed E-state index contributed by atoms with van der Waals surface area (Å²) in [5.74, 6) is -0.188. The van der Waals surface area contributed by atoms with Gasteiger partial charge in [-0.1, -0.05) is 0 Å². The number of nitrogens with zero attached hydrogens (tertiary/aromatic N) is 3. The maximum Gasteiger partial charge on any atom is 0.333 e. The summed E-state index contributed by atoms with van der Waals surface area (Å²) >= 11 is 1.73. The smallest absolute Gasteiger partial charge is 0.333 e. The lowest BCUT2D eigenvalue weighted by Crippen LogP contribution is -2.43. The van der Waals surface area contributed by atoms with Crippen LogP contribution < -0.4 is 5.32 Å². The molecule has 6 nitrogen and oxygen atoms in total. The van der Waals surface area contributed by atoms with E-state index in [1.807, 2.05) is 0 Å². The first kappa shape index (κ1) is 20.9. The molecule has 3 rings (SSSR count). The van der Waals surface area contributed by atoms with Crippen molar-refractivity contribution in [2.24, 2.45) is 0 Å². The van der Waals surface area contributed by atoms with Gasteiger partial charge in [-0.25, -0.2) is 4.68 Å². The van der Waals surface area contributed by atoms with Gasteiger partial charge in [0.2, 0.25) is 5.91 Å². The maximum absolute atomic E-state index is 13.0. The Morgan fingerprint density at radius 2 is 2.00 bits per heavy atom. The Labute approximate surface area is 167 Å². The third kappa shape index (κ3) is 4.76. The highest BCUT2D eigenvalue weighted by molar-refractivity contribution is 7.12. The van der Waals surface area contributed by atoms with Gasteiger partial charge in [0.25, 0.3) is 0 Å². The topological polar surface area (TPSA) is 59.4 Å². The zero-order chi connectivity index (χ0) is 20.3. The minimum absolute atomic E-state index is 0.0453. The van der Waals surface area contributed by atoms with E-state index in [0.717, 1.165) is 13.1 Å². The summed E-state index contributed by atoms with van der Waals surface area (Å²) in [6.07, 6.45) is 0.0453. The Hall–Kier alpha value is -1.84. The molecule has 1 aliphatic rings. The molecule has 154 valence electrons. The third-order valence-corrected chi connectivity index (χ3v) is 6.17. The molecule has 0 saturated carbocycles. The van der Waals surface area contributed by atoms with E-state index in [-0.39, 0.29) is 18.4 Å². The molecule has 1 N–H and O–H groups in total. The number of aryl methyl sites for hydroxylation is 2. The molecule has 1 aliphatic heterocycles. The fourth-order valence-corrected chi connectivity index (χ4v) is 4.52. The summed E-state index contributed by atoms with van der Waals surface area (Å²) in [6.45, 7) is 6.05. The first-order valence-electron chi connectivity index (χ1n) is 9.34. The fourth-order valence-electron chi connectivity index (χ4n) is 3.51. The number of rotatable bonds is 7. The van der Waals surface area contributed by atoms with Crippen LogP contribution in [0.25, 0.3) is 0 Å². The van der Waals surface area contributed by atoms with Gasteiger partial charge < -0.3 is 10.1 Å². The first-order chi connectivity index (χ1) is 13.4. The van der Waals surface area contributed by atoms with E-state index in [1.165, 1.54) is 9.75 Å². The molecule has 0 radical (unpaired) electrons. The van der Waals surface area contributed by atoms with Crippen LogP contribution in [0, 0.1) is 20.8 Å². The zero-order valence-electron chi connectivity index (χ0n) is 16.4. The summed E-state index contributed by atoms with van der Waals surface area (Å²) in [5.41, 5.74) is 1.36. The van der Waals surface area contributed by atoms with Crippen LogP contribution in [-0.2, 0) is 16.0 Å². The van der Waals surface area contributed by atoms with Crippen molar-refractivity contribution in [2.75, 3.05) is 32.8 Å². The van der Waals surface area contributed by atoms with E-state index in [9.17, 15) is 13.6 Å². The van der Waals surface area contributed by atoms with E-state index in [0.29, 0.717) is 41.4 Å². The minimum Gasteiger partial charge on any atom is -0.379 e. The van der Waals surface area contributed by atoms with Crippen LogP contribution in [0.3, 0.4) is 0 Å². The van der Waals surface area contributed by atoms with Crippen LogP contribution in [0.15, 0.2) is 12.1 Å². The Bertz CT molecular complexity index is 815. The number of hydrogen-bond donors (Lipinski definition) is 1. The second-order valence-corrected chi connectivity index (χ2v) is 8.28. The Balaban J connectivity index is 1.67. The van der Waals surface area contributed by atoms with Crippen molar-refractivity contribution in [3.63, 3.8) is 0 Å². The van der Waals surface area contributed by atoms with E-state index < -0.39 is 6.55 Å². The van der Waals surface area contributed by atoms with Gasteiger partial charge in [0.15, 0.2) is 0 Å². The average molecular weight is 413 g/mol. The van der Waals surface area contributed by atoms with Crippen molar-refractivity contribution in [1.82, 2.24) is 20.0 Å². The van der Waals surface area contributed by atoms with Crippen molar-refractivity contribution in [3.8, 4) is 0 Å². The van der Waals surface area contributed by atoms with E-state index in [2.05, 4.69) is 34.4 Å².